The average molecular weight is 287 g/mol. The van der Waals surface area contributed by atoms with Crippen molar-refractivity contribution in [2.75, 3.05) is 6.54 Å². The van der Waals surface area contributed by atoms with Crippen LogP contribution in [-0.4, -0.2) is 22.7 Å². The molecule has 0 radical (unpaired) electrons. The zero-order chi connectivity index (χ0) is 15.2. The lowest BCUT2D eigenvalue weighted by molar-refractivity contribution is 0.319. The summed E-state index contributed by atoms with van der Waals surface area (Å²) in [4.78, 5) is 4.57. The number of hydrogen-bond acceptors (Lipinski definition) is 4. The van der Waals surface area contributed by atoms with Crippen LogP contribution in [0.2, 0.25) is 0 Å². The van der Waals surface area contributed by atoms with E-state index in [1.807, 2.05) is 12.1 Å². The third-order valence-corrected chi connectivity index (χ3v) is 3.84. The Hall–Kier alpha value is -1.68. The minimum Gasteiger partial charge on any atom is -0.339 e. The maximum absolute atomic E-state index is 5.47. The number of nitrogens with one attached hydrogen (secondary N) is 1. The van der Waals surface area contributed by atoms with Gasteiger partial charge in [-0.15, -0.1) is 0 Å². The van der Waals surface area contributed by atoms with Crippen molar-refractivity contribution < 1.29 is 4.52 Å². The summed E-state index contributed by atoms with van der Waals surface area (Å²) in [5, 5.41) is 7.67. The minimum absolute atomic E-state index is 0.216. The van der Waals surface area contributed by atoms with Gasteiger partial charge in [-0.2, -0.15) is 4.98 Å². The van der Waals surface area contributed by atoms with Crippen molar-refractivity contribution >= 4 is 0 Å². The molecule has 0 amide bonds. The summed E-state index contributed by atoms with van der Waals surface area (Å²) in [5.41, 5.74) is 2.23. The van der Waals surface area contributed by atoms with Crippen LogP contribution in [0.4, 0.5) is 0 Å². The third kappa shape index (κ3) is 3.91. The first-order chi connectivity index (χ1) is 10.2. The lowest BCUT2D eigenvalue weighted by Crippen LogP contribution is -2.33. The first kappa shape index (κ1) is 15.7. The van der Waals surface area contributed by atoms with Crippen LogP contribution in [0, 0.1) is 6.92 Å². The zero-order valence-electron chi connectivity index (χ0n) is 13.4. The molecule has 114 valence electrons. The molecule has 0 aliphatic rings. The van der Waals surface area contributed by atoms with Crippen LogP contribution in [0.5, 0.6) is 0 Å². The van der Waals surface area contributed by atoms with Crippen molar-refractivity contribution in [1.29, 1.82) is 0 Å². The summed E-state index contributed by atoms with van der Waals surface area (Å²) in [6.45, 7) is 9.58. The molecule has 0 spiro atoms. The molecular weight excluding hydrogens is 262 g/mol. The molecule has 1 aromatic heterocycles. The smallest absolute Gasteiger partial charge is 0.231 e. The summed E-state index contributed by atoms with van der Waals surface area (Å²) in [7, 11) is 0. The van der Waals surface area contributed by atoms with Crippen molar-refractivity contribution in [2.45, 2.75) is 52.5 Å². The second kappa shape index (κ2) is 7.36. The van der Waals surface area contributed by atoms with Gasteiger partial charge in [0.2, 0.25) is 11.7 Å². The van der Waals surface area contributed by atoms with Gasteiger partial charge >= 0.3 is 0 Å². The topological polar surface area (TPSA) is 51.0 Å². The second-order valence-electron chi connectivity index (χ2n) is 5.58. The molecule has 0 saturated heterocycles. The molecule has 2 rings (SSSR count). The molecule has 4 nitrogen and oxygen atoms in total. The highest BCUT2D eigenvalue weighted by atomic mass is 16.5. The molecule has 1 heterocycles. The monoisotopic (exact) mass is 287 g/mol. The normalized spacial score (nSPS) is 14.1. The first-order valence-electron chi connectivity index (χ1n) is 7.79. The number of hydrogen-bond donors (Lipinski definition) is 1. The molecule has 1 aromatic carbocycles. The molecule has 0 bridgehead atoms. The van der Waals surface area contributed by atoms with Gasteiger partial charge in [-0.3, -0.25) is 0 Å². The molecule has 21 heavy (non-hydrogen) atoms. The van der Waals surface area contributed by atoms with E-state index in [2.05, 4.69) is 55.3 Å². The van der Waals surface area contributed by atoms with E-state index < -0.39 is 0 Å². The second-order valence-corrected chi connectivity index (χ2v) is 5.58. The Morgan fingerprint density at radius 2 is 1.90 bits per heavy atom. The zero-order valence-corrected chi connectivity index (χ0v) is 13.4. The molecule has 2 aromatic rings. The van der Waals surface area contributed by atoms with Gasteiger partial charge in [0.15, 0.2) is 0 Å². The summed E-state index contributed by atoms with van der Waals surface area (Å²) < 4.78 is 5.47. The van der Waals surface area contributed by atoms with Gasteiger partial charge < -0.3 is 9.84 Å². The van der Waals surface area contributed by atoms with E-state index in [0.29, 0.717) is 17.8 Å². The first-order valence-corrected chi connectivity index (χ1v) is 7.79. The highest BCUT2D eigenvalue weighted by Crippen LogP contribution is 2.23. The van der Waals surface area contributed by atoms with Crippen molar-refractivity contribution in [3.63, 3.8) is 0 Å². The molecule has 0 fully saturated rings. The standard InChI is InChI=1S/C17H25N3O/c1-5-11-18-15(6-2)13(4)17-19-16(20-21-17)14-9-7-12(3)8-10-14/h7-10,13,15,18H,5-6,11H2,1-4H3. The fourth-order valence-corrected chi connectivity index (χ4v) is 2.42. The molecule has 2 unspecified atom stereocenters. The number of rotatable bonds is 7. The number of benzene rings is 1. The van der Waals surface area contributed by atoms with Crippen LogP contribution in [0.15, 0.2) is 28.8 Å². The summed E-state index contributed by atoms with van der Waals surface area (Å²) in [6.07, 6.45) is 2.17. The molecule has 0 aliphatic heterocycles. The van der Waals surface area contributed by atoms with Crippen molar-refractivity contribution in [3.05, 3.63) is 35.7 Å². The maximum Gasteiger partial charge on any atom is 0.231 e. The van der Waals surface area contributed by atoms with Crippen LogP contribution in [-0.2, 0) is 0 Å². The Morgan fingerprint density at radius 3 is 2.52 bits per heavy atom. The van der Waals surface area contributed by atoms with E-state index in [1.54, 1.807) is 0 Å². The highest BCUT2D eigenvalue weighted by Gasteiger charge is 2.22. The minimum atomic E-state index is 0.216. The van der Waals surface area contributed by atoms with Crippen LogP contribution in [0.25, 0.3) is 11.4 Å². The quantitative estimate of drug-likeness (QED) is 0.838. The predicted molar refractivity (Wildman–Crippen MR) is 85.3 cm³/mol. The van der Waals surface area contributed by atoms with Crippen molar-refractivity contribution in [3.8, 4) is 11.4 Å². The Labute approximate surface area is 127 Å². The molecular formula is C17H25N3O. The summed E-state index contributed by atoms with van der Waals surface area (Å²) >= 11 is 0. The molecule has 2 atom stereocenters. The largest absolute Gasteiger partial charge is 0.339 e. The van der Waals surface area contributed by atoms with E-state index in [1.165, 1.54) is 5.56 Å². The average Bonchev–Trinajstić information content (AvgIpc) is 2.98. The van der Waals surface area contributed by atoms with Gasteiger partial charge in [-0.25, -0.2) is 0 Å². The van der Waals surface area contributed by atoms with E-state index in [0.717, 1.165) is 24.9 Å². The lowest BCUT2D eigenvalue weighted by atomic mass is 9.99. The van der Waals surface area contributed by atoms with E-state index in [-0.39, 0.29) is 5.92 Å². The van der Waals surface area contributed by atoms with Gasteiger partial charge in [0.25, 0.3) is 0 Å². The van der Waals surface area contributed by atoms with Crippen molar-refractivity contribution in [2.24, 2.45) is 0 Å². The third-order valence-electron chi connectivity index (χ3n) is 3.84. The summed E-state index contributed by atoms with van der Waals surface area (Å²) in [6, 6.07) is 8.55. The lowest BCUT2D eigenvalue weighted by Gasteiger charge is -2.20. The van der Waals surface area contributed by atoms with E-state index in [9.17, 15) is 0 Å². The van der Waals surface area contributed by atoms with Gasteiger partial charge in [-0.05, 0) is 26.3 Å². The molecule has 0 aliphatic carbocycles. The van der Waals surface area contributed by atoms with Crippen LogP contribution in [0.3, 0.4) is 0 Å². The van der Waals surface area contributed by atoms with E-state index in [4.69, 9.17) is 4.52 Å². The molecule has 4 heteroatoms. The Morgan fingerprint density at radius 1 is 1.19 bits per heavy atom. The number of aryl methyl sites for hydroxylation is 1. The number of aromatic nitrogens is 2. The fourth-order valence-electron chi connectivity index (χ4n) is 2.42. The SMILES string of the molecule is CCCNC(CC)C(C)c1nc(-c2ccc(C)cc2)no1. The Bertz CT molecular complexity index is 547. The van der Waals surface area contributed by atoms with Gasteiger partial charge in [0, 0.05) is 11.6 Å². The van der Waals surface area contributed by atoms with Crippen LogP contribution < -0.4 is 5.32 Å². The Balaban J connectivity index is 2.12. The van der Waals surface area contributed by atoms with E-state index >= 15 is 0 Å². The maximum atomic E-state index is 5.47. The molecule has 1 N–H and O–H groups in total. The fraction of sp³-hybridized carbons (Fsp3) is 0.529. The number of nitrogens with zero attached hydrogens (tertiary/aromatic N) is 2. The summed E-state index contributed by atoms with van der Waals surface area (Å²) in [5.74, 6) is 1.59. The van der Waals surface area contributed by atoms with Crippen LogP contribution in [0.1, 0.15) is 51.0 Å². The van der Waals surface area contributed by atoms with Gasteiger partial charge in [0.05, 0.1) is 5.92 Å². The Kier molecular flexibility index (Phi) is 5.51. The van der Waals surface area contributed by atoms with Gasteiger partial charge in [-0.1, -0.05) is 55.8 Å². The van der Waals surface area contributed by atoms with Crippen LogP contribution >= 0.6 is 0 Å². The molecule has 0 saturated carbocycles. The predicted octanol–water partition coefficient (Wildman–Crippen LogP) is 3.93. The van der Waals surface area contributed by atoms with Gasteiger partial charge in [0.1, 0.15) is 0 Å². The van der Waals surface area contributed by atoms with Crippen molar-refractivity contribution in [1.82, 2.24) is 15.5 Å². The highest BCUT2D eigenvalue weighted by molar-refractivity contribution is 5.54.